The smallest absolute Gasteiger partial charge is 0.383 e. The van der Waals surface area contributed by atoms with Crippen LogP contribution >= 0.6 is 0 Å². The van der Waals surface area contributed by atoms with E-state index in [1.165, 1.54) is 48.0 Å². The van der Waals surface area contributed by atoms with Crippen LogP contribution in [-0.2, 0) is 30.3 Å². The molecule has 8 rings (SSSR count). The highest BCUT2D eigenvalue weighted by molar-refractivity contribution is 5.92. The summed E-state index contributed by atoms with van der Waals surface area (Å²) >= 11 is 0. The van der Waals surface area contributed by atoms with Crippen LogP contribution in [0.15, 0.2) is 202 Å². The molecule has 2 heterocycles. The van der Waals surface area contributed by atoms with Crippen LogP contribution in [0.3, 0.4) is 0 Å². The lowest BCUT2D eigenvalue weighted by atomic mass is 9.97. The Morgan fingerprint density at radius 2 is 1.07 bits per heavy atom. The van der Waals surface area contributed by atoms with Gasteiger partial charge in [0, 0.05) is 6.07 Å². The third-order valence-corrected chi connectivity index (χ3v) is 11.8. The van der Waals surface area contributed by atoms with Gasteiger partial charge in [0.05, 0.1) is 27.6 Å². The van der Waals surface area contributed by atoms with E-state index in [2.05, 4.69) is 6.08 Å². The number of benzene rings is 6. The van der Waals surface area contributed by atoms with E-state index < -0.39 is 66.8 Å². The van der Waals surface area contributed by atoms with E-state index >= 15 is 0 Å². The van der Waals surface area contributed by atoms with Crippen LogP contribution in [0, 0.1) is 0 Å². The van der Waals surface area contributed by atoms with Crippen LogP contribution < -0.4 is 19.8 Å². The van der Waals surface area contributed by atoms with Gasteiger partial charge in [-0.25, -0.2) is 24.0 Å². The fraction of sp³-hybridized carbons (Fsp3) is 0.217. The van der Waals surface area contributed by atoms with Crippen molar-refractivity contribution in [1.29, 1.82) is 0 Å². The van der Waals surface area contributed by atoms with Crippen molar-refractivity contribution in [3.05, 3.63) is 231 Å². The van der Waals surface area contributed by atoms with E-state index in [1.54, 1.807) is 97.1 Å². The molecule has 74 heavy (non-hydrogen) atoms. The Morgan fingerprint density at radius 1 is 0.554 bits per heavy atom. The zero-order valence-corrected chi connectivity index (χ0v) is 41.0. The highest BCUT2D eigenvalue weighted by Gasteiger charge is 2.54. The van der Waals surface area contributed by atoms with Gasteiger partial charge >= 0.3 is 29.5 Å². The lowest BCUT2D eigenvalue weighted by Crippen LogP contribution is -2.63. The topological polar surface area (TPSA) is 172 Å². The molecule has 1 aliphatic rings. The van der Waals surface area contributed by atoms with Crippen molar-refractivity contribution in [3.8, 4) is 17.2 Å². The van der Waals surface area contributed by atoms with Crippen molar-refractivity contribution in [2.75, 3.05) is 13.2 Å². The van der Waals surface area contributed by atoms with Crippen molar-refractivity contribution >= 4 is 34.8 Å². The predicted octanol–water partition coefficient (Wildman–Crippen LogP) is 11.1. The molecule has 0 radical (unpaired) electrons. The Balaban J connectivity index is 1.19. The molecule has 1 aliphatic heterocycles. The Morgan fingerprint density at radius 3 is 1.62 bits per heavy atom. The van der Waals surface area contributed by atoms with Crippen LogP contribution in [0.1, 0.15) is 80.6 Å². The summed E-state index contributed by atoms with van der Waals surface area (Å²) in [6, 6.07) is 46.3. The first-order chi connectivity index (χ1) is 36.0. The number of carbonyl (C=O) groups is 4. The summed E-state index contributed by atoms with van der Waals surface area (Å²) in [5.41, 5.74) is 2.94. The molecule has 7 aromatic rings. The summed E-state index contributed by atoms with van der Waals surface area (Å²) in [6.07, 6.45) is -2.34. The van der Waals surface area contributed by atoms with E-state index in [4.69, 9.17) is 42.3 Å². The molecule has 6 aromatic carbocycles. The fourth-order valence-corrected chi connectivity index (χ4v) is 7.92. The van der Waals surface area contributed by atoms with Gasteiger partial charge in [-0.3, -0.25) is 0 Å². The minimum absolute atomic E-state index is 0.0249. The SMILES string of the molecule is CC(C)=CCC/C(C)=C/COc1c(OCc2ccccc2)c2ccc(O[C@@H]3O[C@H](COC(=O)c4ccccc4)[C@H](OC(=O)c4ccccc4)[C@H](OC(=O)c4ccccc4)[C@H]3OC(=O)c3ccccc3)cc2oc1=O. The molecular formula is C60H54O14. The highest BCUT2D eigenvalue weighted by atomic mass is 16.7. The minimum atomic E-state index is -1.69. The number of esters is 4. The average Bonchev–Trinajstić information content (AvgIpc) is 3.42. The average molecular weight is 999 g/mol. The second kappa shape index (κ2) is 25.1. The number of hydrogen-bond donors (Lipinski definition) is 0. The molecular weight excluding hydrogens is 945 g/mol. The molecule has 0 spiro atoms. The molecule has 0 saturated carbocycles. The maximum atomic E-state index is 14.1. The van der Waals surface area contributed by atoms with Crippen LogP contribution in [0.25, 0.3) is 11.0 Å². The van der Waals surface area contributed by atoms with E-state index in [9.17, 15) is 24.0 Å². The van der Waals surface area contributed by atoms with Gasteiger partial charge in [0.1, 0.15) is 37.3 Å². The zero-order chi connectivity index (χ0) is 51.8. The van der Waals surface area contributed by atoms with E-state index in [-0.39, 0.29) is 58.3 Å². The van der Waals surface area contributed by atoms with Crippen LogP contribution in [0.5, 0.6) is 17.2 Å². The summed E-state index contributed by atoms with van der Waals surface area (Å²) < 4.78 is 55.8. The summed E-state index contributed by atoms with van der Waals surface area (Å²) in [5, 5.41) is 0.358. The summed E-state index contributed by atoms with van der Waals surface area (Å²) in [6.45, 7) is 5.68. The molecule has 0 amide bonds. The normalized spacial score (nSPS) is 17.3. The van der Waals surface area contributed by atoms with Crippen molar-refractivity contribution in [1.82, 2.24) is 0 Å². The monoisotopic (exact) mass is 998 g/mol. The molecule has 14 heteroatoms. The third kappa shape index (κ3) is 13.6. The maximum absolute atomic E-state index is 14.1. The van der Waals surface area contributed by atoms with E-state index in [1.807, 2.05) is 57.2 Å². The third-order valence-electron chi connectivity index (χ3n) is 11.8. The standard InChI is InChI=1S/C60H54O14/c1-39(2)20-19-21-40(3)34-35-66-53-50(67-37-41-22-9-4-10-23-41)47-33-32-46(36-48(47)70-59(53)65)69-60-54(74-58(64)45-30-17-8-18-31-45)52(73-57(63)44-28-15-7-16-29-44)51(72-56(62)43-26-13-6-14-27-43)49(71-60)38-68-55(61)42-24-11-5-12-25-42/h4-18,20,22-34,36,49,51-52,54,60H,19,21,35,37-38H2,1-3H3/b40-34+/t49-,51+,52+,54-,60-/m1/s1. The van der Waals surface area contributed by atoms with Crippen molar-refractivity contribution < 1.29 is 61.5 Å². The molecule has 378 valence electrons. The molecule has 1 fully saturated rings. The molecule has 0 unspecified atom stereocenters. The molecule has 0 N–H and O–H groups in total. The number of carbonyl (C=O) groups excluding carboxylic acids is 4. The zero-order valence-electron chi connectivity index (χ0n) is 41.0. The van der Waals surface area contributed by atoms with Crippen molar-refractivity contribution in [3.63, 3.8) is 0 Å². The van der Waals surface area contributed by atoms with Crippen LogP contribution in [-0.4, -0.2) is 67.8 Å². The van der Waals surface area contributed by atoms with Crippen LogP contribution in [0.2, 0.25) is 0 Å². The van der Waals surface area contributed by atoms with E-state index in [0.29, 0.717) is 5.39 Å². The maximum Gasteiger partial charge on any atom is 0.383 e. The summed E-state index contributed by atoms with van der Waals surface area (Å²) in [7, 11) is 0. The minimum Gasteiger partial charge on any atom is -0.484 e. The molecule has 14 nitrogen and oxygen atoms in total. The molecule has 0 bridgehead atoms. The Kier molecular flexibility index (Phi) is 17.5. The molecule has 5 atom stereocenters. The number of hydrogen-bond acceptors (Lipinski definition) is 14. The molecule has 1 saturated heterocycles. The Hall–Kier alpha value is -8.75. The first-order valence-corrected chi connectivity index (χ1v) is 24.0. The summed E-state index contributed by atoms with van der Waals surface area (Å²) in [4.78, 5) is 69.6. The second-order valence-electron chi connectivity index (χ2n) is 17.5. The van der Waals surface area contributed by atoms with Gasteiger partial charge in [0.25, 0.3) is 0 Å². The first kappa shape index (κ1) is 51.6. The number of ether oxygens (including phenoxy) is 8. The first-order valence-electron chi connectivity index (χ1n) is 24.0. The quantitative estimate of drug-likeness (QED) is 0.0305. The number of fused-ring (bicyclic) bond motifs is 1. The van der Waals surface area contributed by atoms with Gasteiger partial charge in [-0.05, 0) is 106 Å². The second-order valence-corrected chi connectivity index (χ2v) is 17.5. The van der Waals surface area contributed by atoms with Gasteiger partial charge in [-0.2, -0.15) is 0 Å². The Bertz CT molecular complexity index is 3130. The van der Waals surface area contributed by atoms with Crippen molar-refractivity contribution in [2.45, 2.75) is 70.9 Å². The van der Waals surface area contributed by atoms with E-state index in [0.717, 1.165) is 24.0 Å². The van der Waals surface area contributed by atoms with Gasteiger partial charge in [0.15, 0.2) is 18.0 Å². The van der Waals surface area contributed by atoms with Gasteiger partial charge in [0.2, 0.25) is 18.1 Å². The number of rotatable bonds is 20. The van der Waals surface area contributed by atoms with Crippen LogP contribution in [0.4, 0.5) is 0 Å². The Labute approximate surface area is 427 Å². The lowest BCUT2D eigenvalue weighted by Gasteiger charge is -2.44. The largest absolute Gasteiger partial charge is 0.484 e. The van der Waals surface area contributed by atoms with Gasteiger partial charge < -0.3 is 42.3 Å². The van der Waals surface area contributed by atoms with Gasteiger partial charge in [-0.1, -0.05) is 120 Å². The van der Waals surface area contributed by atoms with Gasteiger partial charge in [-0.15, -0.1) is 0 Å². The summed E-state index contributed by atoms with van der Waals surface area (Å²) in [5.74, 6) is -3.31. The predicted molar refractivity (Wildman–Crippen MR) is 274 cm³/mol. The lowest BCUT2D eigenvalue weighted by molar-refractivity contribution is -0.275. The number of allylic oxidation sites excluding steroid dienone is 3. The fourth-order valence-electron chi connectivity index (χ4n) is 7.92. The van der Waals surface area contributed by atoms with Crippen molar-refractivity contribution in [2.24, 2.45) is 0 Å². The molecule has 0 aliphatic carbocycles. The molecule has 1 aromatic heterocycles. The highest BCUT2D eigenvalue weighted by Crippen LogP contribution is 2.38.